The van der Waals surface area contributed by atoms with Gasteiger partial charge in [0.15, 0.2) is 11.5 Å². The van der Waals surface area contributed by atoms with Gasteiger partial charge in [0.05, 0.1) is 36.8 Å². The number of amides is 1. The van der Waals surface area contributed by atoms with Crippen LogP contribution in [0, 0.1) is 13.8 Å². The van der Waals surface area contributed by atoms with Crippen LogP contribution in [0.4, 0.5) is 5.69 Å². The molecule has 2 aliphatic rings. The lowest BCUT2D eigenvalue weighted by Crippen LogP contribution is -2.33. The smallest absolute Gasteiger partial charge is 0.238 e. The normalized spacial score (nSPS) is 19.5. The average molecular weight is 384 g/mol. The van der Waals surface area contributed by atoms with Crippen LogP contribution in [0.15, 0.2) is 18.2 Å². The standard InChI is InChI=1S/C21H28N4O3/c1-14-21(15(2)24(3)23-14)22-20(26)13-25-9-4-6-17(25)16-7-8-18-19(12-16)28-11-5-10-27-18/h7-8,12,17H,4-6,9-11,13H2,1-3H3,(H,22,26)/t17-/m0/s1. The summed E-state index contributed by atoms with van der Waals surface area (Å²) >= 11 is 0. The lowest BCUT2D eigenvalue weighted by Gasteiger charge is -2.25. The Morgan fingerprint density at radius 1 is 1.21 bits per heavy atom. The second-order valence-electron chi connectivity index (χ2n) is 7.60. The van der Waals surface area contributed by atoms with Crippen molar-refractivity contribution in [1.82, 2.24) is 14.7 Å². The molecule has 1 fully saturated rings. The quantitative estimate of drug-likeness (QED) is 0.878. The average Bonchev–Trinajstić information content (AvgIpc) is 3.11. The third-order valence-corrected chi connectivity index (χ3v) is 5.64. The number of ether oxygens (including phenoxy) is 2. The van der Waals surface area contributed by atoms with Crippen LogP contribution in [-0.2, 0) is 11.8 Å². The number of anilines is 1. The first-order valence-electron chi connectivity index (χ1n) is 9.96. The highest BCUT2D eigenvalue weighted by atomic mass is 16.5. The number of rotatable bonds is 4. The number of aryl methyl sites for hydroxylation is 2. The molecule has 7 nitrogen and oxygen atoms in total. The van der Waals surface area contributed by atoms with Gasteiger partial charge in [-0.25, -0.2) is 0 Å². The second-order valence-corrected chi connectivity index (χ2v) is 7.60. The topological polar surface area (TPSA) is 68.6 Å². The Balaban J connectivity index is 1.46. The van der Waals surface area contributed by atoms with E-state index in [9.17, 15) is 4.79 Å². The van der Waals surface area contributed by atoms with E-state index in [1.165, 1.54) is 5.56 Å². The number of benzene rings is 1. The van der Waals surface area contributed by atoms with E-state index in [1.54, 1.807) is 4.68 Å². The zero-order chi connectivity index (χ0) is 19.7. The van der Waals surface area contributed by atoms with Crippen LogP contribution in [0.2, 0.25) is 0 Å². The molecule has 2 aliphatic heterocycles. The highest BCUT2D eigenvalue weighted by Gasteiger charge is 2.29. The van der Waals surface area contributed by atoms with Gasteiger partial charge in [-0.2, -0.15) is 5.10 Å². The summed E-state index contributed by atoms with van der Waals surface area (Å²) in [6.07, 6.45) is 3.02. The Bertz CT molecular complexity index is 877. The minimum Gasteiger partial charge on any atom is -0.490 e. The van der Waals surface area contributed by atoms with Crippen LogP contribution in [0.25, 0.3) is 0 Å². The van der Waals surface area contributed by atoms with E-state index in [1.807, 2.05) is 27.0 Å². The van der Waals surface area contributed by atoms with E-state index < -0.39 is 0 Å². The molecule has 7 heteroatoms. The van der Waals surface area contributed by atoms with E-state index in [-0.39, 0.29) is 11.9 Å². The van der Waals surface area contributed by atoms with E-state index >= 15 is 0 Å². The van der Waals surface area contributed by atoms with Gasteiger partial charge in [0.25, 0.3) is 0 Å². The molecule has 4 rings (SSSR count). The monoisotopic (exact) mass is 384 g/mol. The number of hydrogen-bond donors (Lipinski definition) is 1. The minimum atomic E-state index is 0.000410. The van der Waals surface area contributed by atoms with Crippen molar-refractivity contribution in [2.75, 3.05) is 31.6 Å². The summed E-state index contributed by atoms with van der Waals surface area (Å²) in [4.78, 5) is 14.9. The highest BCUT2D eigenvalue weighted by molar-refractivity contribution is 5.93. The van der Waals surface area contributed by atoms with Crippen LogP contribution in [0.5, 0.6) is 11.5 Å². The third-order valence-electron chi connectivity index (χ3n) is 5.64. The van der Waals surface area contributed by atoms with Crippen molar-refractivity contribution in [2.24, 2.45) is 7.05 Å². The Hall–Kier alpha value is -2.54. The molecular weight excluding hydrogens is 356 g/mol. The molecule has 0 unspecified atom stereocenters. The van der Waals surface area contributed by atoms with Gasteiger partial charge >= 0.3 is 0 Å². The molecular formula is C21H28N4O3. The zero-order valence-electron chi connectivity index (χ0n) is 16.8. The van der Waals surface area contributed by atoms with Crippen LogP contribution in [0.1, 0.15) is 42.3 Å². The van der Waals surface area contributed by atoms with Gasteiger partial charge in [0, 0.05) is 19.5 Å². The fourth-order valence-electron chi connectivity index (χ4n) is 4.10. The fourth-order valence-corrected chi connectivity index (χ4v) is 4.10. The number of carbonyl (C=O) groups excluding carboxylic acids is 1. The first-order valence-corrected chi connectivity index (χ1v) is 9.96. The molecule has 2 aromatic rings. The zero-order valence-corrected chi connectivity index (χ0v) is 16.8. The van der Waals surface area contributed by atoms with Gasteiger partial charge < -0.3 is 14.8 Å². The van der Waals surface area contributed by atoms with Gasteiger partial charge in [-0.3, -0.25) is 14.4 Å². The maximum Gasteiger partial charge on any atom is 0.238 e. The number of nitrogens with zero attached hydrogens (tertiary/aromatic N) is 3. The van der Waals surface area contributed by atoms with Gasteiger partial charge in [0.2, 0.25) is 5.91 Å². The van der Waals surface area contributed by atoms with E-state index in [4.69, 9.17) is 9.47 Å². The second kappa shape index (κ2) is 7.83. The Labute approximate surface area is 165 Å². The summed E-state index contributed by atoms with van der Waals surface area (Å²) in [5, 5.41) is 7.42. The summed E-state index contributed by atoms with van der Waals surface area (Å²) in [6.45, 7) is 6.53. The molecule has 1 aromatic heterocycles. The number of likely N-dealkylation sites (tertiary alicyclic amines) is 1. The number of hydrogen-bond acceptors (Lipinski definition) is 5. The summed E-state index contributed by atoms with van der Waals surface area (Å²) in [6, 6.07) is 6.40. The molecule has 0 aliphatic carbocycles. The summed E-state index contributed by atoms with van der Waals surface area (Å²) < 4.78 is 13.4. The SMILES string of the molecule is Cc1nn(C)c(C)c1NC(=O)CN1CCC[C@H]1c1ccc2c(c1)OCCCO2. The molecule has 1 amide bonds. The van der Waals surface area contributed by atoms with E-state index in [2.05, 4.69) is 27.4 Å². The van der Waals surface area contributed by atoms with E-state index in [0.29, 0.717) is 19.8 Å². The summed E-state index contributed by atoms with van der Waals surface area (Å²) in [5.41, 5.74) is 3.81. The number of aromatic nitrogens is 2. The van der Waals surface area contributed by atoms with Gasteiger partial charge in [-0.15, -0.1) is 0 Å². The fraction of sp³-hybridized carbons (Fsp3) is 0.524. The van der Waals surface area contributed by atoms with Crippen LogP contribution < -0.4 is 14.8 Å². The molecule has 3 heterocycles. The summed E-state index contributed by atoms with van der Waals surface area (Å²) in [5.74, 6) is 1.62. The molecule has 1 saturated heterocycles. The number of nitrogens with one attached hydrogen (secondary N) is 1. The van der Waals surface area contributed by atoms with Crippen molar-refractivity contribution >= 4 is 11.6 Å². The van der Waals surface area contributed by atoms with Crippen molar-refractivity contribution < 1.29 is 14.3 Å². The first kappa shape index (κ1) is 18.8. The number of carbonyl (C=O) groups is 1. The molecule has 150 valence electrons. The van der Waals surface area contributed by atoms with Crippen molar-refractivity contribution in [1.29, 1.82) is 0 Å². The van der Waals surface area contributed by atoms with Crippen LogP contribution in [0.3, 0.4) is 0 Å². The summed E-state index contributed by atoms with van der Waals surface area (Å²) in [7, 11) is 1.89. The van der Waals surface area contributed by atoms with Crippen molar-refractivity contribution in [3.63, 3.8) is 0 Å². The number of fused-ring (bicyclic) bond motifs is 1. The highest BCUT2D eigenvalue weighted by Crippen LogP contribution is 2.37. The molecule has 0 saturated carbocycles. The Morgan fingerprint density at radius 3 is 2.75 bits per heavy atom. The Kier molecular flexibility index (Phi) is 5.26. The van der Waals surface area contributed by atoms with E-state index in [0.717, 1.165) is 54.4 Å². The van der Waals surface area contributed by atoms with Crippen molar-refractivity contribution in [3.8, 4) is 11.5 Å². The molecule has 1 aromatic carbocycles. The maximum absolute atomic E-state index is 12.7. The predicted molar refractivity (Wildman–Crippen MR) is 107 cm³/mol. The van der Waals surface area contributed by atoms with Gasteiger partial charge in [-0.1, -0.05) is 6.07 Å². The van der Waals surface area contributed by atoms with Crippen molar-refractivity contribution in [2.45, 2.75) is 39.2 Å². The molecule has 1 atom stereocenters. The Morgan fingerprint density at radius 2 is 2.00 bits per heavy atom. The van der Waals surface area contributed by atoms with Crippen molar-refractivity contribution in [3.05, 3.63) is 35.2 Å². The molecule has 0 spiro atoms. The maximum atomic E-state index is 12.7. The molecule has 0 radical (unpaired) electrons. The van der Waals surface area contributed by atoms with Crippen LogP contribution >= 0.6 is 0 Å². The minimum absolute atomic E-state index is 0.000410. The van der Waals surface area contributed by atoms with Gasteiger partial charge in [-0.05, 0) is 50.9 Å². The van der Waals surface area contributed by atoms with Crippen LogP contribution in [-0.4, -0.2) is 46.9 Å². The molecule has 28 heavy (non-hydrogen) atoms. The third kappa shape index (κ3) is 3.71. The molecule has 0 bridgehead atoms. The lowest BCUT2D eigenvalue weighted by atomic mass is 10.0. The van der Waals surface area contributed by atoms with Gasteiger partial charge in [0.1, 0.15) is 0 Å². The lowest BCUT2D eigenvalue weighted by molar-refractivity contribution is -0.117. The predicted octanol–water partition coefficient (Wildman–Crippen LogP) is 2.97. The first-order chi connectivity index (χ1) is 13.5. The molecule has 1 N–H and O–H groups in total. The largest absolute Gasteiger partial charge is 0.490 e.